The Morgan fingerprint density at radius 1 is 1.18 bits per heavy atom. The summed E-state index contributed by atoms with van der Waals surface area (Å²) in [7, 11) is 0. The summed E-state index contributed by atoms with van der Waals surface area (Å²) in [6, 6.07) is 9.27. The monoisotopic (exact) mass is 293 g/mol. The number of para-hydroxylation sites is 1. The van der Waals surface area contributed by atoms with Crippen molar-refractivity contribution in [3.63, 3.8) is 0 Å². The van der Waals surface area contributed by atoms with Gasteiger partial charge in [-0.15, -0.1) is 0 Å². The predicted molar refractivity (Wildman–Crippen MR) is 89.8 cm³/mol. The van der Waals surface area contributed by atoms with Crippen molar-refractivity contribution in [2.45, 2.75) is 51.5 Å². The van der Waals surface area contributed by atoms with E-state index in [9.17, 15) is 4.79 Å². The van der Waals surface area contributed by atoms with Gasteiger partial charge in [0.05, 0.1) is 0 Å². The zero-order valence-corrected chi connectivity index (χ0v) is 13.2. The van der Waals surface area contributed by atoms with Crippen LogP contribution in [0.2, 0.25) is 0 Å². The highest BCUT2D eigenvalue weighted by Gasteiger charge is 2.32. The maximum Gasteiger partial charge on any atom is 0.146 e. The Bertz CT molecular complexity index is 670. The molecule has 0 N–H and O–H groups in total. The lowest BCUT2D eigenvalue weighted by Crippen LogP contribution is -2.31. The Balaban J connectivity index is 1.76. The summed E-state index contributed by atoms with van der Waals surface area (Å²) in [5, 5.41) is 0. The average Bonchev–Trinajstić information content (AvgIpc) is 2.89. The summed E-state index contributed by atoms with van der Waals surface area (Å²) in [5.74, 6) is 0.617. The molecule has 1 aromatic rings. The lowest BCUT2D eigenvalue weighted by molar-refractivity contribution is -0.105. The van der Waals surface area contributed by atoms with Crippen LogP contribution in [0, 0.1) is 5.92 Å². The van der Waals surface area contributed by atoms with Gasteiger partial charge >= 0.3 is 0 Å². The second-order valence-corrected chi connectivity index (χ2v) is 6.91. The topological polar surface area (TPSA) is 20.3 Å². The van der Waals surface area contributed by atoms with Crippen LogP contribution in [0.25, 0.3) is 0 Å². The summed E-state index contributed by atoms with van der Waals surface area (Å²) in [4.78, 5) is 13.9. The molecule has 1 aromatic carbocycles. The molecule has 0 amide bonds. The van der Waals surface area contributed by atoms with Crippen LogP contribution in [0.15, 0.2) is 47.2 Å². The highest BCUT2D eigenvalue weighted by atomic mass is 16.1. The second-order valence-electron chi connectivity index (χ2n) is 6.91. The molecule has 0 bridgehead atoms. The molecule has 0 saturated carbocycles. The van der Waals surface area contributed by atoms with Gasteiger partial charge in [-0.2, -0.15) is 0 Å². The van der Waals surface area contributed by atoms with Crippen molar-refractivity contribution in [3.8, 4) is 0 Å². The molecule has 22 heavy (non-hydrogen) atoms. The Kier molecular flexibility index (Phi) is 3.40. The largest absolute Gasteiger partial charge is 0.342 e. The molecule has 3 aliphatic rings. The van der Waals surface area contributed by atoms with Gasteiger partial charge in [-0.05, 0) is 80.2 Å². The van der Waals surface area contributed by atoms with E-state index in [0.717, 1.165) is 31.1 Å². The van der Waals surface area contributed by atoms with Crippen molar-refractivity contribution >= 4 is 12.0 Å². The highest BCUT2D eigenvalue weighted by Crippen LogP contribution is 2.43. The first-order valence-corrected chi connectivity index (χ1v) is 8.54. The van der Waals surface area contributed by atoms with E-state index in [1.165, 1.54) is 41.8 Å². The minimum atomic E-state index is 0.518. The third-order valence-corrected chi connectivity index (χ3v) is 5.54. The number of rotatable bonds is 2. The van der Waals surface area contributed by atoms with Gasteiger partial charge in [-0.1, -0.05) is 18.2 Å². The molecule has 2 atom stereocenters. The molecular weight excluding hydrogens is 270 g/mol. The molecule has 1 heterocycles. The van der Waals surface area contributed by atoms with Crippen LogP contribution in [-0.4, -0.2) is 12.3 Å². The fourth-order valence-corrected chi connectivity index (χ4v) is 4.51. The van der Waals surface area contributed by atoms with Crippen LogP contribution in [0.3, 0.4) is 0 Å². The van der Waals surface area contributed by atoms with Crippen molar-refractivity contribution in [3.05, 3.63) is 52.7 Å². The average molecular weight is 293 g/mol. The first-order chi connectivity index (χ1) is 10.8. The zero-order chi connectivity index (χ0) is 15.1. The Morgan fingerprint density at radius 3 is 2.91 bits per heavy atom. The first kappa shape index (κ1) is 13.8. The predicted octanol–water partition coefficient (Wildman–Crippen LogP) is 4.41. The second kappa shape index (κ2) is 5.42. The fraction of sp³-hybridized carbons (Fsp3) is 0.450. The number of carbonyl (C=O) groups is 1. The van der Waals surface area contributed by atoms with E-state index in [1.54, 1.807) is 0 Å². The van der Waals surface area contributed by atoms with Crippen molar-refractivity contribution in [1.82, 2.24) is 0 Å². The van der Waals surface area contributed by atoms with Gasteiger partial charge in [0.15, 0.2) is 0 Å². The first-order valence-electron chi connectivity index (χ1n) is 8.54. The van der Waals surface area contributed by atoms with Crippen LogP contribution in [0.1, 0.15) is 44.6 Å². The molecule has 2 nitrogen and oxygen atoms in total. The lowest BCUT2D eigenvalue weighted by atomic mass is 9.77. The molecule has 0 radical (unpaired) electrons. The fourth-order valence-electron chi connectivity index (χ4n) is 4.51. The minimum Gasteiger partial charge on any atom is -0.342 e. The van der Waals surface area contributed by atoms with Crippen LogP contribution in [0.4, 0.5) is 5.69 Å². The summed E-state index contributed by atoms with van der Waals surface area (Å²) in [6.45, 7) is 2.31. The van der Waals surface area contributed by atoms with E-state index in [1.807, 2.05) is 0 Å². The van der Waals surface area contributed by atoms with E-state index >= 15 is 0 Å². The number of anilines is 1. The minimum absolute atomic E-state index is 0.518. The summed E-state index contributed by atoms with van der Waals surface area (Å²) >= 11 is 0. The van der Waals surface area contributed by atoms with Gasteiger partial charge in [0, 0.05) is 17.4 Å². The molecule has 0 spiro atoms. The number of nitrogens with zero attached hydrogens (tertiary/aromatic N) is 1. The van der Waals surface area contributed by atoms with Crippen LogP contribution in [0.5, 0.6) is 0 Å². The van der Waals surface area contributed by atoms with Crippen LogP contribution < -0.4 is 4.90 Å². The van der Waals surface area contributed by atoms with Crippen molar-refractivity contribution < 1.29 is 4.79 Å². The summed E-state index contributed by atoms with van der Waals surface area (Å²) < 4.78 is 0. The number of allylic oxidation sites excluding steroid dienone is 4. The normalized spacial score (nSPS) is 27.3. The van der Waals surface area contributed by atoms with Gasteiger partial charge in [-0.3, -0.25) is 4.79 Å². The molecule has 0 aromatic heterocycles. The smallest absolute Gasteiger partial charge is 0.146 e. The Morgan fingerprint density at radius 2 is 2.05 bits per heavy atom. The third kappa shape index (κ3) is 2.13. The van der Waals surface area contributed by atoms with Crippen molar-refractivity contribution in [2.24, 2.45) is 5.92 Å². The standard InChI is InChI=1S/C20H23NO/c1-14-11-16-5-2-3-8-20(16)21(14)18-10-9-15-6-4-7-17(13-22)19(15)12-18/h2-3,5,8,12-15H,4,6-7,9-11H2,1H3. The highest BCUT2D eigenvalue weighted by molar-refractivity contribution is 5.77. The maximum absolute atomic E-state index is 11.4. The number of fused-ring (bicyclic) bond motifs is 2. The quantitative estimate of drug-likeness (QED) is 0.753. The van der Waals surface area contributed by atoms with Gasteiger partial charge in [0.2, 0.25) is 0 Å². The van der Waals surface area contributed by atoms with Crippen molar-refractivity contribution in [1.29, 1.82) is 0 Å². The number of aldehydes is 1. The van der Waals surface area contributed by atoms with E-state index in [4.69, 9.17) is 0 Å². The molecule has 2 unspecified atom stereocenters. The molecule has 2 aliphatic carbocycles. The van der Waals surface area contributed by atoms with Gasteiger partial charge in [0.1, 0.15) is 6.29 Å². The molecule has 4 rings (SSSR count). The van der Waals surface area contributed by atoms with Gasteiger partial charge in [0.25, 0.3) is 0 Å². The molecule has 1 aliphatic heterocycles. The summed E-state index contributed by atoms with van der Waals surface area (Å²) in [6.07, 6.45) is 10.3. The number of hydrogen-bond acceptors (Lipinski definition) is 2. The van der Waals surface area contributed by atoms with Crippen molar-refractivity contribution in [2.75, 3.05) is 4.90 Å². The van der Waals surface area contributed by atoms with E-state index in [2.05, 4.69) is 42.2 Å². The SMILES string of the molecule is CC1Cc2ccccc2N1C1=CC2=C(C=O)CCCC2CC1. The van der Waals surface area contributed by atoms with E-state index < -0.39 is 0 Å². The van der Waals surface area contributed by atoms with E-state index in [0.29, 0.717) is 12.0 Å². The molecule has 0 fully saturated rings. The van der Waals surface area contributed by atoms with Gasteiger partial charge in [-0.25, -0.2) is 0 Å². The van der Waals surface area contributed by atoms with Crippen LogP contribution >= 0.6 is 0 Å². The Hall–Kier alpha value is -1.83. The van der Waals surface area contributed by atoms with Crippen LogP contribution in [-0.2, 0) is 11.2 Å². The molecule has 114 valence electrons. The molecule has 2 heteroatoms. The maximum atomic E-state index is 11.4. The number of carbonyl (C=O) groups excluding carboxylic acids is 1. The third-order valence-electron chi connectivity index (χ3n) is 5.54. The Labute approximate surface area is 132 Å². The lowest BCUT2D eigenvalue weighted by Gasteiger charge is -2.35. The molecule has 0 saturated heterocycles. The number of hydrogen-bond donors (Lipinski definition) is 0. The number of benzene rings is 1. The van der Waals surface area contributed by atoms with E-state index in [-0.39, 0.29) is 0 Å². The summed E-state index contributed by atoms with van der Waals surface area (Å²) in [5.41, 5.74) is 6.60. The molecular formula is C20H23NO. The zero-order valence-electron chi connectivity index (χ0n) is 13.2. The van der Waals surface area contributed by atoms with Gasteiger partial charge < -0.3 is 4.90 Å².